The maximum absolute atomic E-state index is 6.27. The van der Waals surface area contributed by atoms with E-state index in [1.54, 1.807) is 0 Å². The van der Waals surface area contributed by atoms with Crippen molar-refractivity contribution in [2.75, 3.05) is 0 Å². The van der Waals surface area contributed by atoms with Crippen molar-refractivity contribution in [3.63, 3.8) is 0 Å². The molecule has 10 nitrogen and oxygen atoms in total. The molecule has 0 N–H and O–H groups in total. The molecule has 0 radical (unpaired) electrons. The second kappa shape index (κ2) is 24.0. The summed E-state index contributed by atoms with van der Waals surface area (Å²) >= 11 is 0. The average molecular weight is 1500 g/mol. The van der Waals surface area contributed by atoms with Crippen molar-refractivity contribution in [2.45, 2.75) is 23.7 Å². The number of benzene rings is 16. The lowest BCUT2D eigenvalue weighted by Crippen LogP contribution is -2.27. The Morgan fingerprint density at radius 1 is 0.195 bits per heavy atom. The van der Waals surface area contributed by atoms with E-state index in [1.165, 1.54) is 121 Å². The lowest BCUT2D eigenvalue weighted by atomic mass is 9.60. The number of hydrogen-bond donors (Lipinski definition) is 0. The summed E-state index contributed by atoms with van der Waals surface area (Å²) in [6.45, 7) is 0. The van der Waals surface area contributed by atoms with E-state index in [-0.39, 0.29) is 23.7 Å². The van der Waals surface area contributed by atoms with Gasteiger partial charge in [0.2, 0.25) is 11.9 Å². The quantitative estimate of drug-likeness (QED) is 0.165. The SMILES string of the molecule is c1ccc2c(c1)C1c3ccccc3C2c2c1ccc1c2c2ccccc2n1-c1nc(-c2ccc3oc4ccccc4c3c2)cc(-n2c3ccccc3c3ccccc32)n1.c1ccc2c(c1)C1c3ccccc3C2c2c1ccc1c2c2ccccc2n1-c1nc(-n2c3ccccc3c3ccccc32)cc(-n2c3ccccc3c3ccccc32)n1. The van der Waals surface area contributed by atoms with Crippen LogP contribution in [-0.4, -0.2) is 42.8 Å². The zero-order chi connectivity index (χ0) is 76.7. The monoisotopic (exact) mass is 1500 g/mol. The van der Waals surface area contributed by atoms with Crippen LogP contribution in [0, 0.1) is 0 Å². The fourth-order valence-corrected chi connectivity index (χ4v) is 21.8. The predicted molar refractivity (Wildman–Crippen MR) is 478 cm³/mol. The van der Waals surface area contributed by atoms with Gasteiger partial charge in [0, 0.05) is 106 Å². The molecule has 0 saturated heterocycles. The number of para-hydroxylation sites is 9. The van der Waals surface area contributed by atoms with Crippen LogP contribution >= 0.6 is 0 Å². The summed E-state index contributed by atoms with van der Waals surface area (Å²) in [5.74, 6) is 4.33. The molecular weight excluding hydrogens is 1440 g/mol. The third kappa shape index (κ3) is 8.68. The number of furan rings is 1. The molecule has 30 rings (SSSR count). The Labute approximate surface area is 674 Å². The molecule has 8 heterocycles. The lowest BCUT2D eigenvalue weighted by Gasteiger charge is -2.42. The lowest BCUT2D eigenvalue weighted by molar-refractivity contribution is 0.669. The molecule has 0 spiro atoms. The van der Waals surface area contributed by atoms with Crippen molar-refractivity contribution in [3.05, 3.63) is 437 Å². The van der Waals surface area contributed by atoms with Crippen LogP contribution in [0.25, 0.3) is 172 Å². The van der Waals surface area contributed by atoms with Crippen molar-refractivity contribution in [1.82, 2.24) is 42.8 Å². The molecule has 548 valence electrons. The Morgan fingerprint density at radius 2 is 0.483 bits per heavy atom. The van der Waals surface area contributed by atoms with Gasteiger partial charge in [0.1, 0.15) is 28.6 Å². The van der Waals surface area contributed by atoms with Crippen LogP contribution in [0.3, 0.4) is 0 Å². The zero-order valence-electron chi connectivity index (χ0n) is 63.5. The van der Waals surface area contributed by atoms with Crippen LogP contribution in [0.1, 0.15) is 90.4 Å². The smallest absolute Gasteiger partial charge is 0.238 e. The summed E-state index contributed by atoms with van der Waals surface area (Å²) < 4.78 is 17.8. The van der Waals surface area contributed by atoms with Crippen molar-refractivity contribution in [1.29, 1.82) is 0 Å². The van der Waals surface area contributed by atoms with Gasteiger partial charge in [-0.25, -0.2) is 4.98 Å². The van der Waals surface area contributed by atoms with Crippen LogP contribution in [-0.2, 0) is 0 Å². The van der Waals surface area contributed by atoms with E-state index >= 15 is 0 Å². The Hall–Kier alpha value is -15.5. The summed E-state index contributed by atoms with van der Waals surface area (Å²) in [4.78, 5) is 22.3. The summed E-state index contributed by atoms with van der Waals surface area (Å²) in [6.07, 6.45) is 0. The first kappa shape index (κ1) is 63.9. The van der Waals surface area contributed by atoms with Crippen molar-refractivity contribution in [2.24, 2.45) is 0 Å². The zero-order valence-corrected chi connectivity index (χ0v) is 63.5. The van der Waals surface area contributed by atoms with Crippen LogP contribution in [0.2, 0.25) is 0 Å². The summed E-state index contributed by atoms with van der Waals surface area (Å²) in [6, 6.07) is 134. The molecule has 10 heteroatoms. The van der Waals surface area contributed by atoms with Gasteiger partial charge >= 0.3 is 0 Å². The number of fused-ring (bicyclic) bond motifs is 18. The maximum atomic E-state index is 6.27. The molecule has 4 bridgehead atoms. The Balaban J connectivity index is 0.000000126. The van der Waals surface area contributed by atoms with Gasteiger partial charge in [0.05, 0.1) is 60.9 Å². The van der Waals surface area contributed by atoms with E-state index in [0.29, 0.717) is 11.9 Å². The van der Waals surface area contributed by atoms with Crippen molar-refractivity contribution < 1.29 is 4.42 Å². The highest BCUT2D eigenvalue weighted by Crippen LogP contribution is 2.61. The first-order valence-corrected chi connectivity index (χ1v) is 40.7. The highest BCUT2D eigenvalue weighted by atomic mass is 16.3. The highest BCUT2D eigenvalue weighted by Gasteiger charge is 2.45. The molecule has 0 saturated carbocycles. The van der Waals surface area contributed by atoms with E-state index in [9.17, 15) is 0 Å². The van der Waals surface area contributed by atoms with E-state index in [2.05, 4.69) is 381 Å². The molecule has 6 aliphatic carbocycles. The van der Waals surface area contributed by atoms with Crippen molar-refractivity contribution in [3.8, 4) is 40.6 Å². The molecule has 0 atom stereocenters. The fraction of sp³-hybridized carbons (Fsp3) is 0.0370. The van der Waals surface area contributed by atoms with Crippen molar-refractivity contribution >= 4 is 131 Å². The molecule has 6 aliphatic rings. The minimum Gasteiger partial charge on any atom is -0.456 e. The number of rotatable bonds is 6. The van der Waals surface area contributed by atoms with Gasteiger partial charge in [-0.15, -0.1) is 0 Å². The molecule has 0 aliphatic heterocycles. The van der Waals surface area contributed by atoms with Crippen LogP contribution in [0.5, 0.6) is 0 Å². The normalized spacial score (nSPS) is 15.5. The number of aromatic nitrogens is 9. The van der Waals surface area contributed by atoms with Gasteiger partial charge in [0.25, 0.3) is 0 Å². The van der Waals surface area contributed by atoms with Gasteiger partial charge in [-0.2, -0.15) is 15.0 Å². The molecule has 16 aromatic carbocycles. The molecule has 8 aromatic heterocycles. The molecular formula is C108H65N9O. The largest absolute Gasteiger partial charge is 0.456 e. The van der Waals surface area contributed by atoms with Gasteiger partial charge in [0.15, 0.2) is 0 Å². The molecule has 0 amide bonds. The molecule has 24 aromatic rings. The first-order chi connectivity index (χ1) is 58.6. The van der Waals surface area contributed by atoms with E-state index in [4.69, 9.17) is 24.4 Å². The Kier molecular flexibility index (Phi) is 13.0. The number of hydrogen-bond acceptors (Lipinski definition) is 5. The highest BCUT2D eigenvalue weighted by molar-refractivity contribution is 6.16. The topological polar surface area (TPSA) is 89.4 Å². The standard InChI is InChI=1S/C54H33N5.C54H32N4O/c1-3-21-38-36(19-1)50-37-20-2-4-22-39(37)51(38)53-41(50)29-30-47-52(53)40-23-9-14-28-46(40)59(47)54-55-48(57-42-24-10-5-15-32(42)33-16-6-11-25-43(33)57)31-49(56-54)58-44-26-12-7-17-34(44)35-18-8-13-27-45(35)58;1-3-18-37-35(16-1)50-36-17-2-4-19-38(36)51(37)53-40(50)26-27-46-52(53)39-20-7-11-23-45(39)58(46)54-55-42(31-25-28-48-41(29-31)34-15-8-12-24-47(34)59-48)30-49(56-54)57-43-21-9-5-13-32(43)33-14-6-10-22-44(33)57/h1-31,50-51H;1-30,50-51H. The van der Waals surface area contributed by atoms with Gasteiger partial charge in [-0.3, -0.25) is 22.8 Å². The van der Waals surface area contributed by atoms with Gasteiger partial charge in [-0.1, -0.05) is 273 Å². The van der Waals surface area contributed by atoms with Gasteiger partial charge < -0.3 is 4.42 Å². The fourth-order valence-electron chi connectivity index (χ4n) is 21.8. The average Bonchev–Trinajstić information content (AvgIpc) is 1.25. The third-order valence-corrected chi connectivity index (χ3v) is 26.4. The minimum atomic E-state index is 0.127. The second-order valence-corrected chi connectivity index (χ2v) is 32.1. The molecule has 0 unspecified atom stereocenters. The first-order valence-electron chi connectivity index (χ1n) is 40.7. The second-order valence-electron chi connectivity index (χ2n) is 32.1. The molecule has 118 heavy (non-hydrogen) atoms. The Bertz CT molecular complexity index is 8140. The summed E-state index contributed by atoms with van der Waals surface area (Å²) in [7, 11) is 0. The predicted octanol–water partition coefficient (Wildman–Crippen LogP) is 26.0. The van der Waals surface area contributed by atoms with Crippen LogP contribution in [0.15, 0.2) is 374 Å². The Morgan fingerprint density at radius 3 is 0.856 bits per heavy atom. The van der Waals surface area contributed by atoms with Gasteiger partial charge in [-0.05, 0) is 152 Å². The van der Waals surface area contributed by atoms with E-state index in [0.717, 1.165) is 106 Å². The summed E-state index contributed by atoms with van der Waals surface area (Å²) in [5.41, 5.74) is 31.5. The molecule has 0 fully saturated rings. The maximum Gasteiger partial charge on any atom is 0.238 e. The number of nitrogens with zero attached hydrogens (tertiary/aromatic N) is 9. The van der Waals surface area contributed by atoms with E-state index < -0.39 is 0 Å². The summed E-state index contributed by atoms with van der Waals surface area (Å²) in [5, 5.41) is 14.3. The minimum absolute atomic E-state index is 0.127. The van der Waals surface area contributed by atoms with E-state index in [1.807, 2.05) is 12.1 Å². The van der Waals surface area contributed by atoms with Crippen LogP contribution in [0.4, 0.5) is 0 Å². The third-order valence-electron chi connectivity index (χ3n) is 26.4. The van der Waals surface area contributed by atoms with Crippen LogP contribution < -0.4 is 0 Å².